The van der Waals surface area contributed by atoms with Crippen LogP contribution in [0.4, 0.5) is 5.69 Å². The lowest BCUT2D eigenvalue weighted by molar-refractivity contribution is -0.140. The third-order valence-corrected chi connectivity index (χ3v) is 6.53. The number of nitrogens with zero attached hydrogens (tertiary/aromatic N) is 2. The number of amides is 2. The maximum absolute atomic E-state index is 13.6. The van der Waals surface area contributed by atoms with Gasteiger partial charge in [-0.3, -0.25) is 13.9 Å². The molecule has 1 atom stereocenters. The number of carbonyl (C=O) groups is 2. The number of hydrogen-bond acceptors (Lipinski definition) is 5. The first kappa shape index (κ1) is 28.2. The van der Waals surface area contributed by atoms with E-state index in [0.717, 1.165) is 16.1 Å². The minimum Gasteiger partial charge on any atom is -0.497 e. The van der Waals surface area contributed by atoms with Crippen molar-refractivity contribution in [1.29, 1.82) is 0 Å². The van der Waals surface area contributed by atoms with Gasteiger partial charge in [0.05, 0.1) is 19.1 Å². The summed E-state index contributed by atoms with van der Waals surface area (Å²) in [6.45, 7) is 7.31. The van der Waals surface area contributed by atoms with Crippen LogP contribution in [-0.2, 0) is 26.0 Å². The third kappa shape index (κ3) is 8.58. The first-order valence-electron chi connectivity index (χ1n) is 11.6. The van der Waals surface area contributed by atoms with Gasteiger partial charge in [-0.2, -0.15) is 0 Å². The van der Waals surface area contributed by atoms with E-state index in [2.05, 4.69) is 5.32 Å². The number of hydrogen-bond donors (Lipinski definition) is 1. The fourth-order valence-electron chi connectivity index (χ4n) is 3.73. The van der Waals surface area contributed by atoms with Crippen LogP contribution in [-0.4, -0.2) is 63.2 Å². The highest BCUT2D eigenvalue weighted by Crippen LogP contribution is 2.23. The number of ether oxygens (including phenoxy) is 1. The van der Waals surface area contributed by atoms with Crippen molar-refractivity contribution in [3.8, 4) is 5.75 Å². The molecule has 0 aliphatic carbocycles. The standard InChI is InChI=1S/C26H37N3O5S/c1-7-23(25(31)27-26(2,3)4)28(17-16-20-12-9-8-10-13-20)24(30)19-29(35(6,32)33)21-14-11-15-22(18-21)34-5/h8-15,18,23H,7,16-17,19H2,1-6H3,(H,27,31). The molecule has 2 aromatic rings. The summed E-state index contributed by atoms with van der Waals surface area (Å²) in [5, 5.41) is 2.95. The second-order valence-electron chi connectivity index (χ2n) is 9.46. The smallest absolute Gasteiger partial charge is 0.244 e. The molecule has 0 spiro atoms. The highest BCUT2D eigenvalue weighted by Gasteiger charge is 2.32. The van der Waals surface area contributed by atoms with Gasteiger partial charge in [-0.15, -0.1) is 0 Å². The van der Waals surface area contributed by atoms with Gasteiger partial charge in [0.1, 0.15) is 18.3 Å². The van der Waals surface area contributed by atoms with E-state index in [9.17, 15) is 18.0 Å². The molecule has 0 saturated carbocycles. The Kier molecular flexibility index (Phi) is 9.71. The van der Waals surface area contributed by atoms with Crippen LogP contribution in [0.5, 0.6) is 5.75 Å². The molecule has 8 nitrogen and oxygen atoms in total. The van der Waals surface area contributed by atoms with Crippen LogP contribution in [0.25, 0.3) is 0 Å². The summed E-state index contributed by atoms with van der Waals surface area (Å²) in [5.74, 6) is -0.251. The monoisotopic (exact) mass is 503 g/mol. The van der Waals surface area contributed by atoms with Crippen LogP contribution in [0.1, 0.15) is 39.7 Å². The highest BCUT2D eigenvalue weighted by molar-refractivity contribution is 7.92. The Morgan fingerprint density at radius 1 is 1.06 bits per heavy atom. The molecule has 0 aliphatic rings. The predicted molar refractivity (Wildman–Crippen MR) is 139 cm³/mol. The van der Waals surface area contributed by atoms with Crippen molar-refractivity contribution in [2.75, 3.05) is 30.8 Å². The zero-order valence-electron chi connectivity index (χ0n) is 21.4. The molecule has 0 saturated heterocycles. The number of sulfonamides is 1. The summed E-state index contributed by atoms with van der Waals surface area (Å²) in [5.41, 5.74) is 0.859. The van der Waals surface area contributed by atoms with E-state index < -0.39 is 34.1 Å². The van der Waals surface area contributed by atoms with Gasteiger partial charge < -0.3 is 15.0 Å². The minimum absolute atomic E-state index is 0.270. The van der Waals surface area contributed by atoms with Crippen molar-refractivity contribution in [1.82, 2.24) is 10.2 Å². The van der Waals surface area contributed by atoms with Crippen molar-refractivity contribution < 1.29 is 22.7 Å². The van der Waals surface area contributed by atoms with Crippen molar-refractivity contribution in [3.63, 3.8) is 0 Å². The molecule has 0 fully saturated rings. The highest BCUT2D eigenvalue weighted by atomic mass is 32.2. The average Bonchev–Trinajstić information content (AvgIpc) is 2.78. The summed E-state index contributed by atoms with van der Waals surface area (Å²) in [7, 11) is -2.30. The van der Waals surface area contributed by atoms with Crippen LogP contribution in [0.15, 0.2) is 54.6 Å². The first-order valence-corrected chi connectivity index (χ1v) is 13.5. The van der Waals surface area contributed by atoms with Crippen LogP contribution in [0.3, 0.4) is 0 Å². The topological polar surface area (TPSA) is 96.0 Å². The summed E-state index contributed by atoms with van der Waals surface area (Å²) >= 11 is 0. The Balaban J connectivity index is 2.39. The number of rotatable bonds is 11. The van der Waals surface area contributed by atoms with Crippen LogP contribution in [0, 0.1) is 0 Å². The van der Waals surface area contributed by atoms with Gasteiger partial charge in [0, 0.05) is 18.2 Å². The van der Waals surface area contributed by atoms with Crippen LogP contribution < -0.4 is 14.4 Å². The zero-order valence-corrected chi connectivity index (χ0v) is 22.3. The number of anilines is 1. The van der Waals surface area contributed by atoms with Crippen LogP contribution in [0.2, 0.25) is 0 Å². The maximum atomic E-state index is 13.6. The minimum atomic E-state index is -3.79. The number of carbonyl (C=O) groups excluding carboxylic acids is 2. The maximum Gasteiger partial charge on any atom is 0.244 e. The molecule has 2 amide bonds. The molecule has 1 N–H and O–H groups in total. The van der Waals surface area contributed by atoms with Gasteiger partial charge in [-0.25, -0.2) is 8.42 Å². The first-order chi connectivity index (χ1) is 16.4. The Morgan fingerprint density at radius 2 is 1.71 bits per heavy atom. The van der Waals surface area contributed by atoms with Gasteiger partial charge >= 0.3 is 0 Å². The van der Waals surface area contributed by atoms with Gasteiger partial charge in [0.2, 0.25) is 21.8 Å². The van der Waals surface area contributed by atoms with Gasteiger partial charge in [-0.1, -0.05) is 43.3 Å². The van der Waals surface area contributed by atoms with Crippen molar-refractivity contribution in [3.05, 3.63) is 60.2 Å². The Bertz CT molecular complexity index is 1100. The molecule has 0 aliphatic heterocycles. The lowest BCUT2D eigenvalue weighted by Gasteiger charge is -2.34. The number of methoxy groups -OCH3 is 1. The van der Waals surface area contributed by atoms with Gasteiger partial charge in [-0.05, 0) is 51.3 Å². The van der Waals surface area contributed by atoms with Gasteiger partial charge in [0.25, 0.3) is 0 Å². The van der Waals surface area contributed by atoms with Crippen molar-refractivity contribution in [2.45, 2.75) is 52.1 Å². The van der Waals surface area contributed by atoms with Crippen molar-refractivity contribution >= 4 is 27.5 Å². The molecule has 9 heteroatoms. The quantitative estimate of drug-likeness (QED) is 0.508. The van der Waals surface area contributed by atoms with E-state index in [4.69, 9.17) is 4.74 Å². The lowest BCUT2D eigenvalue weighted by Crippen LogP contribution is -2.56. The Morgan fingerprint density at radius 3 is 2.26 bits per heavy atom. The molecular weight excluding hydrogens is 466 g/mol. The van der Waals surface area contributed by atoms with Crippen molar-refractivity contribution in [2.24, 2.45) is 0 Å². The molecule has 192 valence electrons. The predicted octanol–water partition coefficient (Wildman–Crippen LogP) is 3.23. The Hall–Kier alpha value is -3.07. The second kappa shape index (κ2) is 12.1. The largest absolute Gasteiger partial charge is 0.497 e. The number of benzene rings is 2. The molecule has 0 radical (unpaired) electrons. The van der Waals surface area contributed by atoms with E-state index >= 15 is 0 Å². The van der Waals surface area contributed by atoms with Crippen LogP contribution >= 0.6 is 0 Å². The van der Waals surface area contributed by atoms with E-state index in [1.807, 2.05) is 58.0 Å². The van der Waals surface area contributed by atoms with Gasteiger partial charge in [0.15, 0.2) is 0 Å². The summed E-state index contributed by atoms with van der Waals surface area (Å²) in [4.78, 5) is 28.3. The average molecular weight is 504 g/mol. The summed E-state index contributed by atoms with van der Waals surface area (Å²) in [6, 6.07) is 15.4. The molecule has 0 bridgehead atoms. The molecule has 2 aromatic carbocycles. The molecule has 2 rings (SSSR count). The fraction of sp³-hybridized carbons (Fsp3) is 0.462. The summed E-state index contributed by atoms with van der Waals surface area (Å²) < 4.78 is 31.6. The van der Waals surface area contributed by atoms with E-state index in [1.54, 1.807) is 24.3 Å². The molecular formula is C26H37N3O5S. The molecule has 1 unspecified atom stereocenters. The normalized spacial score (nSPS) is 12.5. The SMILES string of the molecule is CCC(C(=O)NC(C)(C)C)N(CCc1ccccc1)C(=O)CN(c1cccc(OC)c1)S(C)(=O)=O. The fourth-order valence-corrected chi connectivity index (χ4v) is 4.57. The zero-order chi connectivity index (χ0) is 26.2. The lowest BCUT2D eigenvalue weighted by atomic mass is 10.1. The molecule has 35 heavy (non-hydrogen) atoms. The third-order valence-electron chi connectivity index (χ3n) is 5.39. The van der Waals surface area contributed by atoms with E-state index in [1.165, 1.54) is 12.0 Å². The Labute approximate surface area is 209 Å². The summed E-state index contributed by atoms with van der Waals surface area (Å²) in [6.07, 6.45) is 1.97. The van der Waals surface area contributed by atoms with E-state index in [0.29, 0.717) is 24.3 Å². The molecule has 0 aromatic heterocycles. The van der Waals surface area contributed by atoms with E-state index in [-0.39, 0.29) is 12.5 Å². The second-order valence-corrected chi connectivity index (χ2v) is 11.4. The molecule has 0 heterocycles. The number of nitrogens with one attached hydrogen (secondary N) is 1.